The van der Waals surface area contributed by atoms with Gasteiger partial charge in [0.2, 0.25) is 0 Å². The predicted molar refractivity (Wildman–Crippen MR) is 41.4 cm³/mol. The van der Waals surface area contributed by atoms with E-state index in [1.54, 1.807) is 11.1 Å². The van der Waals surface area contributed by atoms with Crippen molar-refractivity contribution in [3.8, 4) is 0 Å². The summed E-state index contributed by atoms with van der Waals surface area (Å²) < 4.78 is 0. The Morgan fingerprint density at radius 2 is 1.67 bits per heavy atom. The third-order valence-corrected chi connectivity index (χ3v) is 2.50. The van der Waals surface area contributed by atoms with Crippen molar-refractivity contribution in [3.05, 3.63) is 11.1 Å². The van der Waals surface area contributed by atoms with Crippen LogP contribution in [0.3, 0.4) is 0 Å². The first-order valence-corrected chi connectivity index (χ1v) is 3.89. The summed E-state index contributed by atoms with van der Waals surface area (Å²) in [5.41, 5.74) is 3.28. The summed E-state index contributed by atoms with van der Waals surface area (Å²) in [5, 5.41) is 0. The number of rotatable bonds is 1. The van der Waals surface area contributed by atoms with Gasteiger partial charge in [0.25, 0.3) is 0 Å². The topological polar surface area (TPSA) is 0 Å². The molecule has 0 saturated heterocycles. The lowest BCUT2D eigenvalue weighted by Crippen LogP contribution is -1.89. The molecule has 0 N–H and O–H groups in total. The van der Waals surface area contributed by atoms with E-state index in [0.29, 0.717) is 0 Å². The second kappa shape index (κ2) is 2.55. The first-order valence-electron chi connectivity index (χ1n) is 3.89. The van der Waals surface area contributed by atoms with E-state index in [-0.39, 0.29) is 0 Å². The molecule has 0 aromatic rings. The molecule has 0 spiro atoms. The summed E-state index contributed by atoms with van der Waals surface area (Å²) in [6.45, 7) is 6.83. The largest absolute Gasteiger partial charge is 0.0741 e. The lowest BCUT2D eigenvalue weighted by Gasteiger charge is -2.02. The van der Waals surface area contributed by atoms with Crippen molar-refractivity contribution in [1.82, 2.24) is 0 Å². The first-order chi connectivity index (χ1) is 4.24. The fraction of sp³-hybridized carbons (Fsp3) is 0.778. The van der Waals surface area contributed by atoms with E-state index in [1.807, 2.05) is 0 Å². The summed E-state index contributed by atoms with van der Waals surface area (Å²) >= 11 is 0. The molecule has 0 aromatic carbocycles. The maximum atomic E-state index is 2.29. The third-order valence-electron chi connectivity index (χ3n) is 2.50. The van der Waals surface area contributed by atoms with E-state index >= 15 is 0 Å². The highest BCUT2D eigenvalue weighted by Gasteiger charge is 2.16. The van der Waals surface area contributed by atoms with Gasteiger partial charge in [0, 0.05) is 0 Å². The minimum Gasteiger partial charge on any atom is -0.0741 e. The minimum absolute atomic E-state index is 0.977. The van der Waals surface area contributed by atoms with Crippen LogP contribution in [-0.4, -0.2) is 0 Å². The fourth-order valence-electron chi connectivity index (χ4n) is 1.58. The van der Waals surface area contributed by atoms with Crippen molar-refractivity contribution in [2.45, 2.75) is 40.0 Å². The molecule has 0 heteroatoms. The highest BCUT2D eigenvalue weighted by molar-refractivity contribution is 5.16. The molecule has 0 radical (unpaired) electrons. The number of hydrogen-bond acceptors (Lipinski definition) is 0. The second-order valence-electron chi connectivity index (χ2n) is 3.24. The van der Waals surface area contributed by atoms with E-state index in [2.05, 4.69) is 20.8 Å². The molecular formula is C9H16. The number of hydrogen-bond donors (Lipinski definition) is 0. The van der Waals surface area contributed by atoms with Gasteiger partial charge in [0.15, 0.2) is 0 Å². The Kier molecular flexibility index (Phi) is 1.94. The zero-order chi connectivity index (χ0) is 6.85. The fourth-order valence-corrected chi connectivity index (χ4v) is 1.58. The summed E-state index contributed by atoms with van der Waals surface area (Å²) in [6, 6.07) is 0. The van der Waals surface area contributed by atoms with Crippen molar-refractivity contribution < 1.29 is 0 Å². The quantitative estimate of drug-likeness (QED) is 0.471. The third kappa shape index (κ3) is 1.35. The van der Waals surface area contributed by atoms with Crippen molar-refractivity contribution >= 4 is 0 Å². The monoisotopic (exact) mass is 124 g/mol. The predicted octanol–water partition coefficient (Wildman–Crippen LogP) is 3.14. The highest BCUT2D eigenvalue weighted by Crippen LogP contribution is 2.32. The van der Waals surface area contributed by atoms with Gasteiger partial charge in [0.1, 0.15) is 0 Å². The molecular weight excluding hydrogens is 108 g/mol. The summed E-state index contributed by atoms with van der Waals surface area (Å²) in [4.78, 5) is 0. The summed E-state index contributed by atoms with van der Waals surface area (Å²) in [7, 11) is 0. The van der Waals surface area contributed by atoms with Crippen LogP contribution < -0.4 is 0 Å². The van der Waals surface area contributed by atoms with Gasteiger partial charge < -0.3 is 0 Å². The van der Waals surface area contributed by atoms with Crippen LogP contribution in [0.15, 0.2) is 11.1 Å². The number of allylic oxidation sites excluding steroid dienone is 2. The second-order valence-corrected chi connectivity index (χ2v) is 3.24. The van der Waals surface area contributed by atoms with Crippen LogP contribution in [0.2, 0.25) is 0 Å². The van der Waals surface area contributed by atoms with Gasteiger partial charge in [-0.1, -0.05) is 24.5 Å². The molecule has 0 saturated carbocycles. The van der Waals surface area contributed by atoms with E-state index in [1.165, 1.54) is 19.3 Å². The Morgan fingerprint density at radius 1 is 1.22 bits per heavy atom. The molecule has 0 fully saturated rings. The lowest BCUT2D eigenvalue weighted by atomic mass is 10.0. The van der Waals surface area contributed by atoms with Gasteiger partial charge >= 0.3 is 0 Å². The molecule has 52 valence electrons. The zero-order valence-electron chi connectivity index (χ0n) is 6.70. The molecule has 0 amide bonds. The average molecular weight is 124 g/mol. The van der Waals surface area contributed by atoms with Crippen molar-refractivity contribution in [1.29, 1.82) is 0 Å². The Hall–Kier alpha value is -0.260. The van der Waals surface area contributed by atoms with Crippen LogP contribution >= 0.6 is 0 Å². The Morgan fingerprint density at radius 3 is 1.89 bits per heavy atom. The van der Waals surface area contributed by atoms with Crippen molar-refractivity contribution in [2.24, 2.45) is 5.92 Å². The standard InChI is InChI=1S/C9H16/c1-4-9-5-7(2)8(3)6-9/h9H,4-6H2,1-3H3. The molecule has 0 nitrogen and oxygen atoms in total. The summed E-state index contributed by atoms with van der Waals surface area (Å²) in [6.07, 6.45) is 4.08. The molecule has 0 heterocycles. The van der Waals surface area contributed by atoms with Crippen LogP contribution in [0.1, 0.15) is 40.0 Å². The Labute approximate surface area is 58.0 Å². The molecule has 9 heavy (non-hydrogen) atoms. The van der Waals surface area contributed by atoms with Gasteiger partial charge in [-0.2, -0.15) is 0 Å². The lowest BCUT2D eigenvalue weighted by molar-refractivity contribution is 0.537. The Bertz CT molecular complexity index is 117. The van der Waals surface area contributed by atoms with Gasteiger partial charge in [-0.3, -0.25) is 0 Å². The van der Waals surface area contributed by atoms with E-state index in [4.69, 9.17) is 0 Å². The maximum absolute atomic E-state index is 2.29. The van der Waals surface area contributed by atoms with Gasteiger partial charge in [-0.15, -0.1) is 0 Å². The minimum atomic E-state index is 0.977. The van der Waals surface area contributed by atoms with Gasteiger partial charge in [0.05, 0.1) is 0 Å². The van der Waals surface area contributed by atoms with E-state index in [9.17, 15) is 0 Å². The van der Waals surface area contributed by atoms with Crippen molar-refractivity contribution in [2.75, 3.05) is 0 Å². The molecule has 0 aliphatic heterocycles. The molecule has 0 aromatic heterocycles. The molecule has 1 rings (SSSR count). The van der Waals surface area contributed by atoms with Crippen LogP contribution in [0.4, 0.5) is 0 Å². The maximum Gasteiger partial charge on any atom is -0.0289 e. The Balaban J connectivity index is 2.48. The van der Waals surface area contributed by atoms with Crippen LogP contribution in [0.25, 0.3) is 0 Å². The van der Waals surface area contributed by atoms with Crippen LogP contribution in [-0.2, 0) is 0 Å². The zero-order valence-corrected chi connectivity index (χ0v) is 6.70. The molecule has 1 aliphatic rings. The van der Waals surface area contributed by atoms with Gasteiger partial charge in [-0.05, 0) is 32.6 Å². The molecule has 0 unspecified atom stereocenters. The van der Waals surface area contributed by atoms with Gasteiger partial charge in [-0.25, -0.2) is 0 Å². The summed E-state index contributed by atoms with van der Waals surface area (Å²) in [5.74, 6) is 0.977. The molecule has 1 aliphatic carbocycles. The average Bonchev–Trinajstić information content (AvgIpc) is 2.13. The smallest absolute Gasteiger partial charge is 0.0289 e. The SMILES string of the molecule is CCC1CC(C)=C(C)C1. The first kappa shape index (κ1) is 6.85. The van der Waals surface area contributed by atoms with E-state index < -0.39 is 0 Å². The molecule has 0 atom stereocenters. The van der Waals surface area contributed by atoms with Crippen molar-refractivity contribution in [3.63, 3.8) is 0 Å². The van der Waals surface area contributed by atoms with Crippen LogP contribution in [0.5, 0.6) is 0 Å². The molecule has 0 bridgehead atoms. The van der Waals surface area contributed by atoms with Crippen LogP contribution in [0, 0.1) is 5.92 Å². The van der Waals surface area contributed by atoms with E-state index in [0.717, 1.165) is 5.92 Å². The highest BCUT2D eigenvalue weighted by atomic mass is 14.2. The normalized spacial score (nSPS) is 21.7.